The van der Waals surface area contributed by atoms with Crippen molar-refractivity contribution in [2.45, 2.75) is 13.3 Å². The van der Waals surface area contributed by atoms with Crippen LogP contribution in [0.25, 0.3) is 11.3 Å². The molecule has 0 spiro atoms. The fourth-order valence-corrected chi connectivity index (χ4v) is 3.58. The van der Waals surface area contributed by atoms with E-state index in [1.54, 1.807) is 6.07 Å². The third kappa shape index (κ3) is 3.87. The van der Waals surface area contributed by atoms with E-state index in [9.17, 15) is 4.79 Å². The second-order valence-electron chi connectivity index (χ2n) is 7.04. The lowest BCUT2D eigenvalue weighted by molar-refractivity contribution is 0.0939. The van der Waals surface area contributed by atoms with Gasteiger partial charge >= 0.3 is 0 Å². The first-order chi connectivity index (χ1) is 13.2. The van der Waals surface area contributed by atoms with E-state index in [0.717, 1.165) is 25.1 Å². The molecular formula is C22H23N3O2. The highest BCUT2D eigenvalue weighted by atomic mass is 16.5. The maximum absolute atomic E-state index is 12.4. The minimum atomic E-state index is -0.185. The summed E-state index contributed by atoms with van der Waals surface area (Å²) < 4.78 is 5.31. The van der Waals surface area contributed by atoms with Crippen LogP contribution < -0.4 is 10.2 Å². The fourth-order valence-electron chi connectivity index (χ4n) is 3.58. The minimum absolute atomic E-state index is 0.185. The topological polar surface area (TPSA) is 58.4 Å². The SMILES string of the molecule is Cc1ccccc1N1CC[C@@H](CNC(=O)c2cc(-c3ccccc3)on2)C1. The smallest absolute Gasteiger partial charge is 0.273 e. The molecule has 1 atom stereocenters. The zero-order valence-electron chi connectivity index (χ0n) is 15.4. The van der Waals surface area contributed by atoms with E-state index in [2.05, 4.69) is 46.6 Å². The zero-order chi connectivity index (χ0) is 18.6. The van der Waals surface area contributed by atoms with Gasteiger partial charge in [0.15, 0.2) is 11.5 Å². The zero-order valence-corrected chi connectivity index (χ0v) is 15.4. The van der Waals surface area contributed by atoms with Gasteiger partial charge in [-0.15, -0.1) is 0 Å². The second kappa shape index (κ2) is 7.66. The summed E-state index contributed by atoms with van der Waals surface area (Å²) in [7, 11) is 0. The minimum Gasteiger partial charge on any atom is -0.371 e. The molecule has 1 saturated heterocycles. The van der Waals surface area contributed by atoms with E-state index in [1.807, 2.05) is 30.3 Å². The summed E-state index contributed by atoms with van der Waals surface area (Å²) in [5.74, 6) is 0.858. The van der Waals surface area contributed by atoms with E-state index in [0.29, 0.717) is 23.9 Å². The van der Waals surface area contributed by atoms with E-state index in [-0.39, 0.29) is 5.91 Å². The Balaban J connectivity index is 1.33. The molecule has 0 saturated carbocycles. The lowest BCUT2D eigenvalue weighted by Crippen LogP contribution is -2.31. The van der Waals surface area contributed by atoms with Gasteiger partial charge in [0.25, 0.3) is 5.91 Å². The third-order valence-electron chi connectivity index (χ3n) is 5.09. The van der Waals surface area contributed by atoms with Crippen LogP contribution >= 0.6 is 0 Å². The summed E-state index contributed by atoms with van der Waals surface area (Å²) in [6.07, 6.45) is 1.07. The highest BCUT2D eigenvalue weighted by Crippen LogP contribution is 2.26. The number of amides is 1. The summed E-state index contributed by atoms with van der Waals surface area (Å²) in [5, 5.41) is 6.92. The first kappa shape index (κ1) is 17.3. The molecule has 1 fully saturated rings. The van der Waals surface area contributed by atoms with Gasteiger partial charge in [-0.3, -0.25) is 4.79 Å². The van der Waals surface area contributed by atoms with Crippen molar-refractivity contribution in [3.63, 3.8) is 0 Å². The molecule has 4 rings (SSSR count). The average Bonchev–Trinajstić information content (AvgIpc) is 3.37. The number of nitrogens with one attached hydrogen (secondary N) is 1. The Bertz CT molecular complexity index is 920. The molecule has 2 aromatic carbocycles. The lowest BCUT2D eigenvalue weighted by Gasteiger charge is -2.21. The number of hydrogen-bond donors (Lipinski definition) is 1. The van der Waals surface area contributed by atoms with Crippen molar-refractivity contribution in [3.05, 3.63) is 71.9 Å². The van der Waals surface area contributed by atoms with Gasteiger partial charge in [0.1, 0.15) is 0 Å². The lowest BCUT2D eigenvalue weighted by atomic mass is 10.1. The Morgan fingerprint density at radius 1 is 1.19 bits per heavy atom. The van der Waals surface area contributed by atoms with Crippen LogP contribution in [0.5, 0.6) is 0 Å². The summed E-state index contributed by atoms with van der Waals surface area (Å²) in [6, 6.07) is 19.8. The molecule has 2 heterocycles. The molecule has 1 aliphatic heterocycles. The van der Waals surface area contributed by atoms with Gasteiger partial charge in [0, 0.05) is 37.0 Å². The summed E-state index contributed by atoms with van der Waals surface area (Å²) in [5.41, 5.74) is 3.81. The van der Waals surface area contributed by atoms with Crippen LogP contribution in [0, 0.1) is 12.8 Å². The van der Waals surface area contributed by atoms with Crippen LogP contribution in [0.15, 0.2) is 65.2 Å². The largest absolute Gasteiger partial charge is 0.371 e. The van der Waals surface area contributed by atoms with Crippen molar-refractivity contribution in [1.82, 2.24) is 10.5 Å². The Morgan fingerprint density at radius 2 is 1.96 bits per heavy atom. The van der Waals surface area contributed by atoms with Crippen LogP contribution in [-0.2, 0) is 0 Å². The van der Waals surface area contributed by atoms with Crippen molar-refractivity contribution < 1.29 is 9.32 Å². The van der Waals surface area contributed by atoms with Gasteiger partial charge in [-0.1, -0.05) is 53.7 Å². The van der Waals surface area contributed by atoms with Crippen LogP contribution in [0.2, 0.25) is 0 Å². The number of anilines is 1. The average molecular weight is 361 g/mol. The number of benzene rings is 2. The molecule has 3 aromatic rings. The fraction of sp³-hybridized carbons (Fsp3) is 0.273. The van der Waals surface area contributed by atoms with Gasteiger partial charge in [-0.2, -0.15) is 0 Å². The van der Waals surface area contributed by atoms with Gasteiger partial charge in [0.2, 0.25) is 0 Å². The predicted octanol–water partition coefficient (Wildman–Crippen LogP) is 3.91. The molecule has 1 amide bonds. The molecule has 5 heteroatoms. The van der Waals surface area contributed by atoms with Crippen LogP contribution in [0.4, 0.5) is 5.69 Å². The molecule has 138 valence electrons. The van der Waals surface area contributed by atoms with Gasteiger partial charge in [-0.25, -0.2) is 0 Å². The number of carbonyl (C=O) groups is 1. The first-order valence-electron chi connectivity index (χ1n) is 9.31. The van der Waals surface area contributed by atoms with Gasteiger partial charge in [0.05, 0.1) is 0 Å². The Kier molecular flexibility index (Phi) is 4.92. The van der Waals surface area contributed by atoms with Crippen LogP contribution in [-0.4, -0.2) is 30.7 Å². The molecule has 0 unspecified atom stereocenters. The van der Waals surface area contributed by atoms with Crippen LogP contribution in [0.3, 0.4) is 0 Å². The monoisotopic (exact) mass is 361 g/mol. The second-order valence-corrected chi connectivity index (χ2v) is 7.04. The number of hydrogen-bond acceptors (Lipinski definition) is 4. The Morgan fingerprint density at radius 3 is 2.78 bits per heavy atom. The number of para-hydroxylation sites is 1. The van der Waals surface area contributed by atoms with E-state index < -0.39 is 0 Å². The van der Waals surface area contributed by atoms with Gasteiger partial charge < -0.3 is 14.7 Å². The Hall–Kier alpha value is -3.08. The maximum Gasteiger partial charge on any atom is 0.273 e. The Labute approximate surface area is 159 Å². The van der Waals surface area contributed by atoms with E-state index in [1.165, 1.54) is 11.3 Å². The number of carbonyl (C=O) groups excluding carboxylic acids is 1. The van der Waals surface area contributed by atoms with E-state index in [4.69, 9.17) is 4.52 Å². The van der Waals surface area contributed by atoms with Crippen molar-refractivity contribution in [2.75, 3.05) is 24.5 Å². The van der Waals surface area contributed by atoms with Crippen molar-refractivity contribution in [3.8, 4) is 11.3 Å². The molecule has 1 aromatic heterocycles. The molecular weight excluding hydrogens is 338 g/mol. The van der Waals surface area contributed by atoms with Crippen molar-refractivity contribution >= 4 is 11.6 Å². The number of aryl methyl sites for hydroxylation is 1. The quantitative estimate of drug-likeness (QED) is 0.749. The summed E-state index contributed by atoms with van der Waals surface area (Å²) >= 11 is 0. The molecule has 1 N–H and O–H groups in total. The normalized spacial score (nSPS) is 16.5. The molecule has 27 heavy (non-hydrogen) atoms. The van der Waals surface area contributed by atoms with Gasteiger partial charge in [-0.05, 0) is 30.9 Å². The number of nitrogens with zero attached hydrogens (tertiary/aromatic N) is 2. The highest BCUT2D eigenvalue weighted by molar-refractivity contribution is 5.93. The molecule has 5 nitrogen and oxygen atoms in total. The predicted molar refractivity (Wildman–Crippen MR) is 106 cm³/mol. The standard InChI is InChI=1S/C22H23N3O2/c1-16-7-5-6-10-20(16)25-12-11-17(15-25)14-23-22(26)19-13-21(27-24-19)18-8-3-2-4-9-18/h2-10,13,17H,11-12,14-15H2,1H3,(H,23,26)/t17-/m0/s1. The number of rotatable bonds is 5. The number of aromatic nitrogens is 1. The van der Waals surface area contributed by atoms with Crippen molar-refractivity contribution in [2.24, 2.45) is 5.92 Å². The molecule has 1 aliphatic rings. The summed E-state index contributed by atoms with van der Waals surface area (Å²) in [4.78, 5) is 14.8. The molecule has 0 radical (unpaired) electrons. The molecule has 0 bridgehead atoms. The third-order valence-corrected chi connectivity index (χ3v) is 5.09. The highest BCUT2D eigenvalue weighted by Gasteiger charge is 2.24. The summed E-state index contributed by atoms with van der Waals surface area (Å²) in [6.45, 7) is 4.76. The van der Waals surface area contributed by atoms with Crippen LogP contribution in [0.1, 0.15) is 22.5 Å². The van der Waals surface area contributed by atoms with E-state index >= 15 is 0 Å². The van der Waals surface area contributed by atoms with Crippen molar-refractivity contribution in [1.29, 1.82) is 0 Å². The first-order valence-corrected chi connectivity index (χ1v) is 9.31. The maximum atomic E-state index is 12.4. The molecule has 0 aliphatic carbocycles.